The van der Waals surface area contributed by atoms with E-state index >= 15 is 0 Å². The average Bonchev–Trinajstić information content (AvgIpc) is 3.12. The molecule has 0 amide bonds. The summed E-state index contributed by atoms with van der Waals surface area (Å²) in [7, 11) is 0. The van der Waals surface area contributed by atoms with E-state index in [9.17, 15) is 20.1 Å². The van der Waals surface area contributed by atoms with Crippen molar-refractivity contribution >= 4 is 21.7 Å². The third kappa shape index (κ3) is 3.89. The van der Waals surface area contributed by atoms with Gasteiger partial charge >= 0.3 is 0 Å². The molecule has 0 aromatic carbocycles. The van der Waals surface area contributed by atoms with Crippen LogP contribution in [0.2, 0.25) is 0 Å². The van der Waals surface area contributed by atoms with E-state index in [1.165, 1.54) is 0 Å². The van der Waals surface area contributed by atoms with E-state index < -0.39 is 17.8 Å². The molecule has 4 unspecified atom stereocenters. The Labute approximate surface area is 215 Å². The summed E-state index contributed by atoms with van der Waals surface area (Å²) in [6.45, 7) is 13.1. The second-order valence-corrected chi connectivity index (χ2v) is 14.8. The van der Waals surface area contributed by atoms with Crippen molar-refractivity contribution in [1.82, 2.24) is 0 Å². The normalized spacial score (nSPS) is 48.0. The lowest BCUT2D eigenvalue weighted by Crippen LogP contribution is -2.66. The van der Waals surface area contributed by atoms with Gasteiger partial charge in [-0.1, -0.05) is 63.9 Å². The Bertz CT molecular complexity index is 771. The lowest BCUT2D eigenvalue weighted by molar-refractivity contribution is -0.203. The van der Waals surface area contributed by atoms with Gasteiger partial charge in [-0.05, 0) is 91.8 Å². The molecular formula is C29H49BrO4. The van der Waals surface area contributed by atoms with Gasteiger partial charge in [0, 0.05) is 16.7 Å². The third-order valence-corrected chi connectivity index (χ3v) is 12.7. The lowest BCUT2D eigenvalue weighted by atomic mass is 9.43. The van der Waals surface area contributed by atoms with Gasteiger partial charge < -0.3 is 15.3 Å². The van der Waals surface area contributed by atoms with Crippen molar-refractivity contribution in [3.63, 3.8) is 0 Å². The van der Waals surface area contributed by atoms with E-state index in [1.54, 1.807) is 0 Å². The van der Waals surface area contributed by atoms with Gasteiger partial charge in [0.25, 0.3) is 0 Å². The number of fused-ring (bicyclic) bond motifs is 5. The van der Waals surface area contributed by atoms with Crippen molar-refractivity contribution in [1.29, 1.82) is 0 Å². The number of aliphatic hydroxyl groups is 3. The van der Waals surface area contributed by atoms with Crippen LogP contribution in [0.5, 0.6) is 0 Å². The Morgan fingerprint density at radius 1 is 1.00 bits per heavy atom. The van der Waals surface area contributed by atoms with E-state index in [0.717, 1.165) is 44.9 Å². The van der Waals surface area contributed by atoms with Crippen molar-refractivity contribution < 1.29 is 20.1 Å². The van der Waals surface area contributed by atoms with E-state index in [0.29, 0.717) is 42.4 Å². The first-order chi connectivity index (χ1) is 15.8. The van der Waals surface area contributed by atoms with Gasteiger partial charge in [0.1, 0.15) is 5.60 Å². The number of alkyl halides is 1. The predicted octanol–water partition coefficient (Wildman–Crippen LogP) is 5.74. The quantitative estimate of drug-likeness (QED) is 0.375. The number of ketones is 1. The summed E-state index contributed by atoms with van der Waals surface area (Å²) in [5, 5.41) is 34.0. The molecule has 4 aliphatic carbocycles. The molecule has 12 atom stereocenters. The van der Waals surface area contributed by atoms with Crippen LogP contribution in [0.15, 0.2) is 0 Å². The molecule has 0 aliphatic heterocycles. The highest BCUT2D eigenvalue weighted by Gasteiger charge is 2.67. The van der Waals surface area contributed by atoms with Gasteiger partial charge in [-0.25, -0.2) is 0 Å². The van der Waals surface area contributed by atoms with Gasteiger partial charge in [0.15, 0.2) is 5.78 Å². The molecule has 34 heavy (non-hydrogen) atoms. The SMILES string of the molecule is CCC(C(C)C)C(O)C(O)C(C)[C@H]1CC[C@H]2[C@@H]3CC(=O)[C@@]4(O)C[C@@H](Br)CC[C@]4(C)[C@H]3CC[C@]12C. The van der Waals surface area contributed by atoms with Crippen molar-refractivity contribution in [2.75, 3.05) is 0 Å². The molecular weight excluding hydrogens is 492 g/mol. The Hall–Kier alpha value is 0.0300. The van der Waals surface area contributed by atoms with Crippen molar-refractivity contribution in [2.24, 2.45) is 52.3 Å². The molecule has 0 bridgehead atoms. The zero-order valence-electron chi connectivity index (χ0n) is 22.3. The first-order valence-corrected chi connectivity index (χ1v) is 15.0. The molecule has 0 spiro atoms. The summed E-state index contributed by atoms with van der Waals surface area (Å²) in [6.07, 6.45) is 6.77. The summed E-state index contributed by atoms with van der Waals surface area (Å²) in [5.41, 5.74) is -1.44. The molecule has 0 radical (unpaired) electrons. The first kappa shape index (κ1) is 27.1. The van der Waals surface area contributed by atoms with E-state index in [4.69, 9.17) is 0 Å². The molecule has 0 aromatic rings. The number of hydrogen-bond acceptors (Lipinski definition) is 4. The van der Waals surface area contributed by atoms with Gasteiger partial charge in [-0.2, -0.15) is 0 Å². The van der Waals surface area contributed by atoms with Crippen molar-refractivity contribution in [3.8, 4) is 0 Å². The zero-order chi connectivity index (χ0) is 25.2. The highest BCUT2D eigenvalue weighted by molar-refractivity contribution is 9.09. The summed E-state index contributed by atoms with van der Waals surface area (Å²) >= 11 is 3.70. The van der Waals surface area contributed by atoms with E-state index in [-0.39, 0.29) is 33.3 Å². The highest BCUT2D eigenvalue weighted by atomic mass is 79.9. The number of hydrogen-bond donors (Lipinski definition) is 3. The number of halogens is 1. The highest BCUT2D eigenvalue weighted by Crippen LogP contribution is 2.68. The maximum absolute atomic E-state index is 13.5. The van der Waals surface area contributed by atoms with Crippen LogP contribution in [0.1, 0.15) is 99.3 Å². The zero-order valence-corrected chi connectivity index (χ0v) is 23.9. The van der Waals surface area contributed by atoms with Crippen molar-refractivity contribution in [3.05, 3.63) is 0 Å². The molecule has 0 saturated heterocycles. The minimum atomic E-state index is -1.19. The molecule has 4 fully saturated rings. The van der Waals surface area contributed by atoms with Crippen LogP contribution in [-0.4, -0.2) is 43.7 Å². The molecule has 4 nitrogen and oxygen atoms in total. The maximum Gasteiger partial charge on any atom is 0.165 e. The fourth-order valence-electron chi connectivity index (χ4n) is 9.80. The minimum Gasteiger partial charge on any atom is -0.390 e. The number of carbonyl (C=O) groups is 1. The van der Waals surface area contributed by atoms with Crippen LogP contribution in [0, 0.1) is 52.3 Å². The Morgan fingerprint density at radius 2 is 1.68 bits per heavy atom. The van der Waals surface area contributed by atoms with E-state index in [2.05, 4.69) is 57.5 Å². The molecule has 196 valence electrons. The molecule has 4 aliphatic rings. The smallest absolute Gasteiger partial charge is 0.165 e. The van der Waals surface area contributed by atoms with Crippen LogP contribution in [0.4, 0.5) is 0 Å². The Kier molecular flexibility index (Phi) is 7.49. The molecule has 5 heteroatoms. The topological polar surface area (TPSA) is 77.8 Å². The monoisotopic (exact) mass is 540 g/mol. The summed E-state index contributed by atoms with van der Waals surface area (Å²) in [4.78, 5) is 13.7. The number of rotatable bonds is 6. The van der Waals surface area contributed by atoms with Crippen LogP contribution in [0.25, 0.3) is 0 Å². The minimum absolute atomic E-state index is 0.0324. The summed E-state index contributed by atoms with van der Waals surface area (Å²) in [5.74, 6) is 2.09. The number of carbonyl (C=O) groups excluding carboxylic acids is 1. The summed E-state index contributed by atoms with van der Waals surface area (Å²) < 4.78 is 0. The molecule has 0 heterocycles. The van der Waals surface area contributed by atoms with Crippen LogP contribution in [0.3, 0.4) is 0 Å². The fourth-order valence-corrected chi connectivity index (χ4v) is 10.5. The maximum atomic E-state index is 13.5. The Morgan fingerprint density at radius 3 is 2.29 bits per heavy atom. The largest absolute Gasteiger partial charge is 0.390 e. The Balaban J connectivity index is 1.57. The van der Waals surface area contributed by atoms with Gasteiger partial charge in [0.05, 0.1) is 12.2 Å². The molecule has 4 rings (SSSR count). The third-order valence-electron chi connectivity index (χ3n) is 11.9. The predicted molar refractivity (Wildman–Crippen MR) is 140 cm³/mol. The molecule has 0 aromatic heterocycles. The van der Waals surface area contributed by atoms with Crippen molar-refractivity contribution in [2.45, 2.75) is 122 Å². The van der Waals surface area contributed by atoms with Crippen LogP contribution >= 0.6 is 15.9 Å². The second-order valence-electron chi connectivity index (χ2n) is 13.5. The lowest BCUT2D eigenvalue weighted by Gasteiger charge is -2.63. The first-order valence-electron chi connectivity index (χ1n) is 14.1. The van der Waals surface area contributed by atoms with Crippen LogP contribution < -0.4 is 0 Å². The second kappa shape index (κ2) is 9.40. The average molecular weight is 542 g/mol. The fraction of sp³-hybridized carbons (Fsp3) is 0.966. The summed E-state index contributed by atoms with van der Waals surface area (Å²) in [6, 6.07) is 0. The molecule has 3 N–H and O–H groups in total. The standard InChI is InChI=1S/C29H49BrO4/c1-7-19(16(2)3)26(33)25(32)17(4)21-8-9-22-20-14-24(31)29(34)15-18(30)10-13-28(29,6)23(20)11-12-27(21,22)5/h16-23,25-26,32-34H,7-15H2,1-6H3/t17?,18-,19?,20-,21+,22-,23-,25?,26?,27+,28+,29-/m0/s1. The van der Waals surface area contributed by atoms with Gasteiger partial charge in [0.2, 0.25) is 0 Å². The van der Waals surface area contributed by atoms with E-state index in [1.807, 2.05) is 0 Å². The number of Topliss-reactive ketones (excluding diaryl/α,β-unsaturated/α-hetero) is 1. The van der Waals surface area contributed by atoms with Gasteiger partial charge in [-0.15, -0.1) is 0 Å². The van der Waals surface area contributed by atoms with Crippen LogP contribution in [-0.2, 0) is 4.79 Å². The molecule has 4 saturated carbocycles. The number of aliphatic hydroxyl groups excluding tert-OH is 2. The van der Waals surface area contributed by atoms with Gasteiger partial charge in [-0.3, -0.25) is 4.79 Å².